The normalized spacial score (nSPS) is 15.9. The monoisotopic (exact) mass is 726 g/mol. The van der Waals surface area contributed by atoms with Gasteiger partial charge in [0.2, 0.25) is 0 Å². The Balaban J connectivity index is 0.000000455. The van der Waals surface area contributed by atoms with Gasteiger partial charge in [-0.2, -0.15) is 35.9 Å². The van der Waals surface area contributed by atoms with Gasteiger partial charge >= 0.3 is 0 Å². The fourth-order valence-corrected chi connectivity index (χ4v) is 11.0. The van der Waals surface area contributed by atoms with Crippen molar-refractivity contribution in [3.63, 3.8) is 0 Å². The van der Waals surface area contributed by atoms with E-state index in [0.29, 0.717) is 6.54 Å². The van der Waals surface area contributed by atoms with Gasteiger partial charge in [0.15, 0.2) is 0 Å². The number of halogens is 1. The second-order valence-corrected chi connectivity index (χ2v) is 15.6. The molecule has 2 saturated carbocycles. The first-order valence-electron chi connectivity index (χ1n) is 16.6. The largest absolute Gasteiger partial charge is 0.490 e. The third-order valence-electron chi connectivity index (χ3n) is 8.35. The average molecular weight is 728 g/mol. The molecule has 0 aromatic heterocycles. The number of ether oxygens (including phenoxy) is 2. The quantitative estimate of drug-likeness (QED) is 0.129. The maximum absolute atomic E-state index is 7.16. The van der Waals surface area contributed by atoms with Gasteiger partial charge in [0.1, 0.15) is 11.5 Å². The standard InChI is InChI=1S/C30H42ClO2P.C8H10N.Pd/c1-21(2)32-27-19-12-20-28(33-22(3)4)29(27)25-17-11-18-26(31)30(25)34(23-13-7-5-8-14-23)24-15-9-6-10-16-24;9-7-6-8-4-2-1-3-5-8;/h11-12,17-24H,5-10,13-16H2,1-4H3;1-4H,6-7,9H2;/q;-1;. The van der Waals surface area contributed by atoms with Crippen LogP contribution in [0.25, 0.3) is 11.1 Å². The molecule has 0 unspecified atom stereocenters. The molecule has 2 aliphatic carbocycles. The van der Waals surface area contributed by atoms with E-state index in [1.165, 1.54) is 80.6 Å². The third-order valence-corrected chi connectivity index (χ3v) is 12.4. The zero-order valence-corrected chi connectivity index (χ0v) is 30.3. The van der Waals surface area contributed by atoms with Crippen LogP contribution in [0.2, 0.25) is 5.02 Å². The van der Waals surface area contributed by atoms with E-state index in [-0.39, 0.29) is 40.6 Å². The first-order chi connectivity index (χ1) is 20.9. The van der Waals surface area contributed by atoms with Gasteiger partial charge in [0, 0.05) is 30.7 Å². The summed E-state index contributed by atoms with van der Waals surface area (Å²) in [6.45, 7) is 9.08. The minimum absolute atomic E-state index is 0. The molecule has 2 fully saturated rings. The summed E-state index contributed by atoms with van der Waals surface area (Å²) in [4.78, 5) is 0. The Kier molecular flexibility index (Phi) is 16.3. The minimum atomic E-state index is -0.366. The molecule has 5 rings (SSSR count). The molecule has 44 heavy (non-hydrogen) atoms. The molecule has 2 N–H and O–H groups in total. The summed E-state index contributed by atoms with van der Waals surface area (Å²) in [5, 5.41) is 2.35. The SMILES string of the molecule is CC(C)Oc1cccc(OC(C)C)c1-c1cccc(Cl)c1P(C1CCCCC1)C1CCCCC1.NCCc1[c-]cccc1.[Pd]. The molecule has 0 radical (unpaired) electrons. The van der Waals surface area contributed by atoms with Gasteiger partial charge in [-0.05, 0) is 101 Å². The first-order valence-corrected chi connectivity index (χ1v) is 18.4. The average Bonchev–Trinajstić information content (AvgIpc) is 3.00. The van der Waals surface area contributed by atoms with Crippen LogP contribution in [-0.4, -0.2) is 30.1 Å². The van der Waals surface area contributed by atoms with Crippen molar-refractivity contribution in [1.29, 1.82) is 0 Å². The number of hydrogen-bond donors (Lipinski definition) is 1. The second kappa shape index (κ2) is 19.3. The maximum atomic E-state index is 7.16. The van der Waals surface area contributed by atoms with Crippen molar-refractivity contribution in [2.24, 2.45) is 5.73 Å². The summed E-state index contributed by atoms with van der Waals surface area (Å²) in [5.41, 5.74) is 10.4. The van der Waals surface area contributed by atoms with Crippen molar-refractivity contribution in [3.05, 3.63) is 77.3 Å². The van der Waals surface area contributed by atoms with Crippen LogP contribution in [0, 0.1) is 6.07 Å². The van der Waals surface area contributed by atoms with Crippen LogP contribution in [0.3, 0.4) is 0 Å². The van der Waals surface area contributed by atoms with Gasteiger partial charge in [0.25, 0.3) is 0 Å². The van der Waals surface area contributed by atoms with Gasteiger partial charge in [-0.1, -0.05) is 76.2 Å². The van der Waals surface area contributed by atoms with Gasteiger partial charge < -0.3 is 15.2 Å². The van der Waals surface area contributed by atoms with E-state index in [9.17, 15) is 0 Å². The molecule has 2 aliphatic rings. The molecule has 0 spiro atoms. The summed E-state index contributed by atoms with van der Waals surface area (Å²) >= 11 is 7.16. The van der Waals surface area contributed by atoms with Crippen molar-refractivity contribution in [1.82, 2.24) is 0 Å². The Hall–Kier alpha value is -1.40. The maximum Gasteiger partial charge on any atom is 0.131 e. The molecule has 0 aliphatic heterocycles. The zero-order valence-electron chi connectivity index (χ0n) is 27.1. The van der Waals surface area contributed by atoms with Crippen LogP contribution in [0.1, 0.15) is 97.5 Å². The molecular formula is C38H52ClNO2PPd-. The van der Waals surface area contributed by atoms with Crippen LogP contribution < -0.4 is 20.5 Å². The minimum Gasteiger partial charge on any atom is -0.490 e. The van der Waals surface area contributed by atoms with E-state index in [0.717, 1.165) is 39.8 Å². The van der Waals surface area contributed by atoms with Crippen LogP contribution in [0.5, 0.6) is 11.5 Å². The summed E-state index contributed by atoms with van der Waals surface area (Å²) in [7, 11) is -0.366. The Labute approximate surface area is 287 Å². The Morgan fingerprint density at radius 1 is 0.773 bits per heavy atom. The summed E-state index contributed by atoms with van der Waals surface area (Å²) in [6.07, 6.45) is 14.8. The zero-order chi connectivity index (χ0) is 30.6. The first kappa shape index (κ1) is 37.1. The van der Waals surface area contributed by atoms with E-state index in [1.54, 1.807) is 0 Å². The van der Waals surface area contributed by atoms with Crippen molar-refractivity contribution in [3.8, 4) is 22.6 Å². The van der Waals surface area contributed by atoms with E-state index in [4.69, 9.17) is 26.8 Å². The fourth-order valence-electron chi connectivity index (χ4n) is 6.58. The number of rotatable bonds is 10. The van der Waals surface area contributed by atoms with E-state index in [2.05, 4.69) is 64.1 Å². The molecule has 3 aromatic rings. The van der Waals surface area contributed by atoms with Crippen LogP contribution in [0.15, 0.2) is 60.7 Å². The number of benzene rings is 3. The molecule has 0 bridgehead atoms. The smallest absolute Gasteiger partial charge is 0.131 e. The molecule has 3 aromatic carbocycles. The van der Waals surface area contributed by atoms with Crippen molar-refractivity contribution in [2.75, 3.05) is 6.54 Å². The molecule has 6 heteroatoms. The summed E-state index contributed by atoms with van der Waals surface area (Å²) in [5.74, 6) is 1.80. The molecular weight excluding hydrogens is 675 g/mol. The summed E-state index contributed by atoms with van der Waals surface area (Å²) < 4.78 is 12.7. The van der Waals surface area contributed by atoms with Crippen LogP contribution in [-0.2, 0) is 26.8 Å². The third kappa shape index (κ3) is 10.6. The van der Waals surface area contributed by atoms with Crippen molar-refractivity contribution >= 4 is 24.8 Å². The number of nitrogens with two attached hydrogens (primary N) is 1. The predicted molar refractivity (Wildman–Crippen MR) is 187 cm³/mol. The fraction of sp³-hybridized carbons (Fsp3) is 0.526. The second-order valence-electron chi connectivity index (χ2n) is 12.5. The topological polar surface area (TPSA) is 44.5 Å². The van der Waals surface area contributed by atoms with E-state index < -0.39 is 0 Å². The molecule has 0 heterocycles. The molecule has 244 valence electrons. The molecule has 0 saturated heterocycles. The van der Waals surface area contributed by atoms with Gasteiger partial charge in [0.05, 0.1) is 17.8 Å². The molecule has 0 atom stereocenters. The van der Waals surface area contributed by atoms with Gasteiger partial charge in [-0.3, -0.25) is 0 Å². The summed E-state index contributed by atoms with van der Waals surface area (Å²) in [6, 6.07) is 23.7. The number of hydrogen-bond acceptors (Lipinski definition) is 3. The van der Waals surface area contributed by atoms with Crippen molar-refractivity contribution in [2.45, 2.75) is 122 Å². The molecule has 3 nitrogen and oxygen atoms in total. The van der Waals surface area contributed by atoms with Gasteiger partial charge in [-0.25, -0.2) is 0 Å². The van der Waals surface area contributed by atoms with E-state index >= 15 is 0 Å². The predicted octanol–water partition coefficient (Wildman–Crippen LogP) is 10.3. The molecule has 0 amide bonds. The van der Waals surface area contributed by atoms with Crippen LogP contribution in [0.4, 0.5) is 0 Å². The Bertz CT molecular complexity index is 1200. The Morgan fingerprint density at radius 2 is 1.32 bits per heavy atom. The van der Waals surface area contributed by atoms with E-state index in [1.807, 2.05) is 30.3 Å². The van der Waals surface area contributed by atoms with Gasteiger partial charge in [-0.15, -0.1) is 0 Å². The Morgan fingerprint density at radius 3 is 1.80 bits per heavy atom. The van der Waals surface area contributed by atoms with Crippen LogP contribution >= 0.6 is 19.5 Å². The van der Waals surface area contributed by atoms with Crippen molar-refractivity contribution < 1.29 is 29.9 Å².